The molecule has 1 aromatic heterocycles. The normalized spacial score (nSPS) is 31.2. The summed E-state index contributed by atoms with van der Waals surface area (Å²) in [4.78, 5) is 24.8. The Balaban J connectivity index is 1.49. The molecule has 0 aliphatic heterocycles. The zero-order valence-electron chi connectivity index (χ0n) is 19.3. The van der Waals surface area contributed by atoms with E-state index < -0.39 is 17.2 Å². The molecule has 9 heteroatoms. The second kappa shape index (κ2) is 8.51. The number of nitrogens with zero attached hydrogens (tertiary/aromatic N) is 2. The number of carbonyl (C=O) groups excluding carboxylic acids is 2. The highest BCUT2D eigenvalue weighted by molar-refractivity contribution is 5.95. The quantitative estimate of drug-likeness (QED) is 0.592. The number of ether oxygens (including phenoxy) is 2. The van der Waals surface area contributed by atoms with E-state index in [2.05, 4.69) is 20.5 Å². The van der Waals surface area contributed by atoms with E-state index in [9.17, 15) is 14.7 Å². The summed E-state index contributed by atoms with van der Waals surface area (Å²) >= 11 is 0. The Hall–Kier alpha value is -2.39. The molecule has 4 aliphatic rings. The number of nitrogens with one attached hydrogen (secondary N) is 2. The van der Waals surface area contributed by atoms with Crippen molar-refractivity contribution in [2.24, 2.45) is 17.8 Å². The molecule has 176 valence electrons. The van der Waals surface area contributed by atoms with Crippen molar-refractivity contribution in [3.63, 3.8) is 0 Å². The zero-order chi connectivity index (χ0) is 23.1. The SMILES string of the molecule is COCc1c(C(=O)NC2C3CC4CC2CC(O)(C4)C3)cnn1C=CC(C)(C)NC(=O)OC. The second-order valence-electron chi connectivity index (χ2n) is 10.2. The molecule has 2 amide bonds. The van der Waals surface area contributed by atoms with Crippen LogP contribution < -0.4 is 10.6 Å². The molecule has 4 aliphatic carbocycles. The van der Waals surface area contributed by atoms with E-state index in [1.165, 1.54) is 7.11 Å². The summed E-state index contributed by atoms with van der Waals surface area (Å²) in [7, 11) is 2.89. The first kappa shape index (κ1) is 22.8. The van der Waals surface area contributed by atoms with E-state index in [0.717, 1.165) is 32.1 Å². The Labute approximate surface area is 188 Å². The molecule has 2 atom stereocenters. The van der Waals surface area contributed by atoms with Crippen molar-refractivity contribution in [3.05, 3.63) is 23.5 Å². The van der Waals surface area contributed by atoms with Crippen molar-refractivity contribution in [3.8, 4) is 0 Å². The van der Waals surface area contributed by atoms with E-state index in [1.54, 1.807) is 30.3 Å². The van der Waals surface area contributed by atoms with Gasteiger partial charge in [0, 0.05) is 19.4 Å². The standard InChI is InChI=1S/C23H34N4O5/c1-22(2,26-21(29)32-4)5-6-27-18(13-31-3)17(12-24-27)20(28)25-19-15-7-14-8-16(19)11-23(30,9-14)10-15/h5-6,12,14-16,19,30H,7-11,13H2,1-4H3,(H,25,28)(H,26,29). The summed E-state index contributed by atoms with van der Waals surface area (Å²) in [5, 5.41) is 21.1. The first-order valence-corrected chi connectivity index (χ1v) is 11.3. The van der Waals surface area contributed by atoms with Crippen molar-refractivity contribution >= 4 is 18.2 Å². The third-order valence-electron chi connectivity index (χ3n) is 7.20. The summed E-state index contributed by atoms with van der Waals surface area (Å²) in [6.07, 6.45) is 9.14. The third-order valence-corrected chi connectivity index (χ3v) is 7.20. The van der Waals surface area contributed by atoms with Gasteiger partial charge >= 0.3 is 6.09 Å². The molecule has 9 nitrogen and oxygen atoms in total. The molecule has 3 N–H and O–H groups in total. The average Bonchev–Trinajstić information content (AvgIpc) is 3.10. The van der Waals surface area contributed by atoms with Crippen molar-refractivity contribution in [1.82, 2.24) is 20.4 Å². The van der Waals surface area contributed by atoms with E-state index >= 15 is 0 Å². The minimum absolute atomic E-state index is 0.0943. The van der Waals surface area contributed by atoms with Crippen LogP contribution in [-0.4, -0.2) is 58.3 Å². The molecule has 4 bridgehead atoms. The van der Waals surface area contributed by atoms with Gasteiger partial charge in [-0.2, -0.15) is 5.10 Å². The number of alkyl carbamates (subject to hydrolysis) is 1. The molecule has 0 spiro atoms. The Kier molecular flexibility index (Phi) is 6.06. The van der Waals surface area contributed by atoms with Crippen molar-refractivity contribution < 1.29 is 24.2 Å². The predicted molar refractivity (Wildman–Crippen MR) is 118 cm³/mol. The van der Waals surface area contributed by atoms with Crippen LogP contribution in [0.3, 0.4) is 0 Å². The fourth-order valence-corrected chi connectivity index (χ4v) is 6.05. The van der Waals surface area contributed by atoms with Gasteiger partial charge in [0.05, 0.1) is 42.3 Å². The van der Waals surface area contributed by atoms with Gasteiger partial charge in [0.1, 0.15) is 0 Å². The maximum Gasteiger partial charge on any atom is 0.407 e. The number of hydrogen-bond donors (Lipinski definition) is 3. The molecule has 1 heterocycles. The van der Waals surface area contributed by atoms with E-state index in [0.29, 0.717) is 29.0 Å². The Morgan fingerprint density at radius 3 is 2.56 bits per heavy atom. The fraction of sp³-hybridized carbons (Fsp3) is 0.696. The van der Waals surface area contributed by atoms with Crippen molar-refractivity contribution in [1.29, 1.82) is 0 Å². The van der Waals surface area contributed by atoms with Gasteiger partial charge in [-0.1, -0.05) is 0 Å². The highest BCUT2D eigenvalue weighted by Gasteiger charge is 2.55. The van der Waals surface area contributed by atoms with Crippen LogP contribution in [0.15, 0.2) is 12.3 Å². The second-order valence-corrected chi connectivity index (χ2v) is 10.2. The van der Waals surface area contributed by atoms with Gasteiger partial charge in [0.2, 0.25) is 0 Å². The van der Waals surface area contributed by atoms with Crippen LogP contribution in [0.1, 0.15) is 62.0 Å². The number of amides is 2. The van der Waals surface area contributed by atoms with Crippen molar-refractivity contribution in [2.45, 2.75) is 69.7 Å². The maximum absolute atomic E-state index is 13.2. The molecule has 0 saturated heterocycles. The summed E-state index contributed by atoms with van der Waals surface area (Å²) < 4.78 is 11.6. The van der Waals surface area contributed by atoms with Gasteiger partial charge in [-0.3, -0.25) is 4.79 Å². The summed E-state index contributed by atoms with van der Waals surface area (Å²) in [6, 6.07) is 0.0943. The van der Waals surface area contributed by atoms with Crippen LogP contribution in [0.4, 0.5) is 4.79 Å². The topological polar surface area (TPSA) is 115 Å². The van der Waals surface area contributed by atoms with Gasteiger partial charge < -0.3 is 25.2 Å². The summed E-state index contributed by atoms with van der Waals surface area (Å²) in [5.41, 5.74) is -0.0909. The highest BCUT2D eigenvalue weighted by atomic mass is 16.5. The number of aromatic nitrogens is 2. The molecular formula is C23H34N4O5. The Bertz CT molecular complexity index is 892. The minimum atomic E-state index is -0.674. The van der Waals surface area contributed by atoms with Crippen LogP contribution in [-0.2, 0) is 16.1 Å². The number of methoxy groups -OCH3 is 2. The number of rotatable bonds is 7. The lowest BCUT2D eigenvalue weighted by Gasteiger charge is -2.58. The third kappa shape index (κ3) is 4.54. The smallest absolute Gasteiger partial charge is 0.407 e. The Morgan fingerprint density at radius 1 is 1.28 bits per heavy atom. The molecular weight excluding hydrogens is 412 g/mol. The van der Waals surface area contributed by atoms with Crippen LogP contribution in [0.5, 0.6) is 0 Å². The van der Waals surface area contributed by atoms with Gasteiger partial charge in [-0.05, 0) is 69.8 Å². The molecule has 2 unspecified atom stereocenters. The molecule has 4 fully saturated rings. The number of hydrogen-bond acceptors (Lipinski definition) is 6. The highest BCUT2D eigenvalue weighted by Crippen LogP contribution is 2.55. The molecule has 4 saturated carbocycles. The molecule has 1 aromatic rings. The number of aliphatic hydroxyl groups is 1. The average molecular weight is 447 g/mol. The lowest BCUT2D eigenvalue weighted by molar-refractivity contribution is -0.136. The van der Waals surface area contributed by atoms with Crippen LogP contribution in [0.2, 0.25) is 0 Å². The lowest BCUT2D eigenvalue weighted by Crippen LogP contribution is -2.61. The fourth-order valence-electron chi connectivity index (χ4n) is 6.05. The predicted octanol–water partition coefficient (Wildman–Crippen LogP) is 2.30. The Morgan fingerprint density at radius 2 is 1.97 bits per heavy atom. The molecule has 0 aromatic carbocycles. The van der Waals surface area contributed by atoms with Gasteiger partial charge in [0.15, 0.2) is 0 Å². The number of carbonyl (C=O) groups is 2. The van der Waals surface area contributed by atoms with Gasteiger partial charge in [-0.15, -0.1) is 0 Å². The van der Waals surface area contributed by atoms with E-state index in [-0.39, 0.29) is 18.6 Å². The molecule has 5 rings (SSSR count). The molecule has 0 radical (unpaired) electrons. The van der Waals surface area contributed by atoms with E-state index in [1.807, 2.05) is 13.8 Å². The first-order valence-electron chi connectivity index (χ1n) is 11.3. The van der Waals surface area contributed by atoms with Gasteiger partial charge in [0.25, 0.3) is 5.91 Å². The van der Waals surface area contributed by atoms with Crippen LogP contribution >= 0.6 is 0 Å². The summed E-state index contributed by atoms with van der Waals surface area (Å²) in [5.74, 6) is 1.10. The zero-order valence-corrected chi connectivity index (χ0v) is 19.3. The van der Waals surface area contributed by atoms with Crippen LogP contribution in [0, 0.1) is 17.8 Å². The first-order chi connectivity index (χ1) is 15.1. The monoisotopic (exact) mass is 446 g/mol. The van der Waals surface area contributed by atoms with Crippen LogP contribution in [0.25, 0.3) is 6.20 Å². The van der Waals surface area contributed by atoms with Gasteiger partial charge in [-0.25, -0.2) is 9.48 Å². The van der Waals surface area contributed by atoms with E-state index in [4.69, 9.17) is 4.74 Å². The maximum atomic E-state index is 13.2. The minimum Gasteiger partial charge on any atom is -0.453 e. The lowest BCUT2D eigenvalue weighted by atomic mass is 9.52. The molecule has 32 heavy (non-hydrogen) atoms. The summed E-state index contributed by atoms with van der Waals surface area (Å²) in [6.45, 7) is 3.87. The van der Waals surface area contributed by atoms with Crippen molar-refractivity contribution in [2.75, 3.05) is 14.2 Å². The largest absolute Gasteiger partial charge is 0.453 e.